The summed E-state index contributed by atoms with van der Waals surface area (Å²) in [4.78, 5) is 38.0. The second kappa shape index (κ2) is 9.27. The topological polar surface area (TPSA) is 75.7 Å². The van der Waals surface area contributed by atoms with Gasteiger partial charge in [-0.05, 0) is 55.3 Å². The monoisotopic (exact) mass is 402 g/mol. The molecule has 2 aromatic rings. The molecule has 1 heterocycles. The van der Waals surface area contributed by atoms with Gasteiger partial charge >= 0.3 is 5.97 Å². The lowest BCUT2D eigenvalue weighted by Gasteiger charge is -2.31. The number of piperidine rings is 1. The van der Waals surface area contributed by atoms with E-state index >= 15 is 0 Å². The molecule has 2 amide bonds. The highest BCUT2D eigenvalue weighted by molar-refractivity contribution is 5.94. The summed E-state index contributed by atoms with van der Waals surface area (Å²) in [5, 5.41) is 2.45. The van der Waals surface area contributed by atoms with Crippen molar-refractivity contribution in [1.29, 1.82) is 0 Å². The molecule has 0 aromatic heterocycles. The smallest absolute Gasteiger partial charge is 0.309 e. The molecule has 1 fully saturated rings. The predicted molar refractivity (Wildman–Crippen MR) is 101 cm³/mol. The number of amides is 2. The van der Waals surface area contributed by atoms with Crippen LogP contribution < -0.4 is 5.32 Å². The number of carbonyl (C=O) groups excluding carboxylic acids is 3. The van der Waals surface area contributed by atoms with Crippen molar-refractivity contribution in [1.82, 2.24) is 4.90 Å². The second-order valence-corrected chi connectivity index (χ2v) is 6.74. The van der Waals surface area contributed by atoms with Crippen molar-refractivity contribution >= 4 is 23.5 Å². The molecule has 0 spiro atoms. The highest BCUT2D eigenvalue weighted by atomic mass is 19.1. The average Bonchev–Trinajstić information content (AvgIpc) is 2.72. The molecule has 0 aliphatic carbocycles. The molecule has 8 heteroatoms. The molecule has 3 rings (SSSR count). The zero-order chi connectivity index (χ0) is 20.8. The summed E-state index contributed by atoms with van der Waals surface area (Å²) in [5.41, 5.74) is 0.667. The van der Waals surface area contributed by atoms with E-state index in [4.69, 9.17) is 4.74 Å². The molecule has 29 heavy (non-hydrogen) atoms. The maximum atomic E-state index is 13.1. The van der Waals surface area contributed by atoms with Gasteiger partial charge in [-0.1, -0.05) is 6.07 Å². The number of anilines is 1. The predicted octanol–water partition coefficient (Wildman–Crippen LogP) is 3.00. The molecule has 0 bridgehead atoms. The summed E-state index contributed by atoms with van der Waals surface area (Å²) < 4.78 is 31.1. The number of likely N-dealkylation sites (tertiary alicyclic amines) is 1. The van der Waals surface area contributed by atoms with E-state index < -0.39 is 36.0 Å². The van der Waals surface area contributed by atoms with Gasteiger partial charge in [-0.25, -0.2) is 8.78 Å². The summed E-state index contributed by atoms with van der Waals surface area (Å²) in [6.45, 7) is 0.265. The largest absolute Gasteiger partial charge is 0.455 e. The average molecular weight is 402 g/mol. The van der Waals surface area contributed by atoms with Crippen LogP contribution in [0.2, 0.25) is 0 Å². The summed E-state index contributed by atoms with van der Waals surface area (Å²) in [6, 6.07) is 10.7. The molecule has 0 radical (unpaired) electrons. The van der Waals surface area contributed by atoms with Crippen molar-refractivity contribution in [3.63, 3.8) is 0 Å². The Labute approximate surface area is 166 Å². The van der Waals surface area contributed by atoms with Gasteiger partial charge in [0.25, 0.3) is 11.8 Å². The van der Waals surface area contributed by atoms with Gasteiger partial charge in [0.15, 0.2) is 6.61 Å². The van der Waals surface area contributed by atoms with E-state index in [1.165, 1.54) is 42.5 Å². The van der Waals surface area contributed by atoms with Crippen LogP contribution in [0.3, 0.4) is 0 Å². The van der Waals surface area contributed by atoms with Gasteiger partial charge in [-0.15, -0.1) is 0 Å². The molecule has 0 saturated carbocycles. The van der Waals surface area contributed by atoms with E-state index in [-0.39, 0.29) is 11.6 Å². The van der Waals surface area contributed by atoms with Crippen molar-refractivity contribution < 1.29 is 27.9 Å². The molecular formula is C21H20F2N2O4. The van der Waals surface area contributed by atoms with Gasteiger partial charge in [-0.2, -0.15) is 0 Å². The number of carbonyl (C=O) groups is 3. The fourth-order valence-corrected chi connectivity index (χ4v) is 3.11. The molecule has 1 aliphatic heterocycles. The number of hydrogen-bond donors (Lipinski definition) is 1. The molecular weight excluding hydrogens is 382 g/mol. The first-order valence-corrected chi connectivity index (χ1v) is 9.19. The third kappa shape index (κ3) is 5.60. The molecule has 1 N–H and O–H groups in total. The molecule has 1 saturated heterocycles. The van der Waals surface area contributed by atoms with Gasteiger partial charge in [0.05, 0.1) is 5.92 Å². The molecule has 0 atom stereocenters. The van der Waals surface area contributed by atoms with Crippen molar-refractivity contribution in [2.45, 2.75) is 12.8 Å². The lowest BCUT2D eigenvalue weighted by molar-refractivity contribution is -0.152. The Morgan fingerprint density at radius 2 is 1.69 bits per heavy atom. The Kier molecular flexibility index (Phi) is 6.54. The summed E-state index contributed by atoms with van der Waals surface area (Å²) in [6.07, 6.45) is 0.828. The van der Waals surface area contributed by atoms with Crippen molar-refractivity contribution in [2.24, 2.45) is 5.92 Å². The molecule has 0 unspecified atom stereocenters. The highest BCUT2D eigenvalue weighted by Gasteiger charge is 2.29. The van der Waals surface area contributed by atoms with E-state index in [0.717, 1.165) is 6.07 Å². The van der Waals surface area contributed by atoms with E-state index in [2.05, 4.69) is 5.32 Å². The quantitative estimate of drug-likeness (QED) is 0.781. The van der Waals surface area contributed by atoms with E-state index in [1.807, 2.05) is 0 Å². The van der Waals surface area contributed by atoms with Crippen molar-refractivity contribution in [3.8, 4) is 0 Å². The second-order valence-electron chi connectivity index (χ2n) is 6.74. The van der Waals surface area contributed by atoms with Crippen molar-refractivity contribution in [3.05, 3.63) is 65.7 Å². The Hall–Kier alpha value is -3.29. The summed E-state index contributed by atoms with van der Waals surface area (Å²) >= 11 is 0. The van der Waals surface area contributed by atoms with Gasteiger partial charge < -0.3 is 15.0 Å². The van der Waals surface area contributed by atoms with E-state index in [1.54, 1.807) is 4.90 Å². The number of ether oxygens (including phenoxy) is 1. The van der Waals surface area contributed by atoms with E-state index in [0.29, 0.717) is 31.5 Å². The minimum Gasteiger partial charge on any atom is -0.455 e. The molecule has 1 aliphatic rings. The van der Waals surface area contributed by atoms with Crippen molar-refractivity contribution in [2.75, 3.05) is 25.0 Å². The van der Waals surface area contributed by atoms with Crippen LogP contribution in [0.5, 0.6) is 0 Å². The highest BCUT2D eigenvalue weighted by Crippen LogP contribution is 2.20. The Morgan fingerprint density at radius 3 is 2.34 bits per heavy atom. The number of benzene rings is 2. The molecule has 152 valence electrons. The Balaban J connectivity index is 1.43. The maximum absolute atomic E-state index is 13.1. The minimum atomic E-state index is -0.562. The Morgan fingerprint density at radius 1 is 1.00 bits per heavy atom. The number of nitrogens with zero attached hydrogens (tertiary/aromatic N) is 1. The standard InChI is InChI=1S/C21H20F2N2O4/c22-16-6-4-14(5-7-16)20(27)25-10-8-15(9-11-25)21(28)29-13-19(26)24-18-3-1-2-17(23)12-18/h1-7,12,15H,8-11,13H2,(H,24,26). The lowest BCUT2D eigenvalue weighted by atomic mass is 9.96. The third-order valence-corrected chi connectivity index (χ3v) is 4.66. The SMILES string of the molecule is O=C(COC(=O)C1CCN(C(=O)c2ccc(F)cc2)CC1)Nc1cccc(F)c1. The first kappa shape index (κ1) is 20.4. The lowest BCUT2D eigenvalue weighted by Crippen LogP contribution is -2.41. The summed E-state index contributed by atoms with van der Waals surface area (Å²) in [7, 11) is 0. The molecule has 2 aromatic carbocycles. The van der Waals surface area contributed by atoms with Gasteiger partial charge in [0.2, 0.25) is 0 Å². The van der Waals surface area contributed by atoms with Crippen LogP contribution in [0.25, 0.3) is 0 Å². The number of nitrogens with one attached hydrogen (secondary N) is 1. The third-order valence-electron chi connectivity index (χ3n) is 4.66. The van der Waals surface area contributed by atoms with Crippen LogP contribution in [-0.2, 0) is 14.3 Å². The van der Waals surface area contributed by atoms with Crippen LogP contribution in [-0.4, -0.2) is 42.4 Å². The van der Waals surface area contributed by atoms with Crippen LogP contribution in [0.1, 0.15) is 23.2 Å². The van der Waals surface area contributed by atoms with Gasteiger partial charge in [-0.3, -0.25) is 14.4 Å². The molecule has 6 nitrogen and oxygen atoms in total. The normalized spacial score (nSPS) is 14.3. The number of halogens is 2. The fourth-order valence-electron chi connectivity index (χ4n) is 3.11. The van der Waals surface area contributed by atoms with Crippen LogP contribution in [0.4, 0.5) is 14.5 Å². The Bertz CT molecular complexity index is 894. The van der Waals surface area contributed by atoms with E-state index in [9.17, 15) is 23.2 Å². The first-order valence-electron chi connectivity index (χ1n) is 9.19. The number of hydrogen-bond acceptors (Lipinski definition) is 4. The van der Waals surface area contributed by atoms with Crippen LogP contribution >= 0.6 is 0 Å². The van der Waals surface area contributed by atoms with Crippen LogP contribution in [0, 0.1) is 17.6 Å². The zero-order valence-electron chi connectivity index (χ0n) is 15.6. The van der Waals surface area contributed by atoms with Crippen LogP contribution in [0.15, 0.2) is 48.5 Å². The van der Waals surface area contributed by atoms with Gasteiger partial charge in [0, 0.05) is 24.3 Å². The maximum Gasteiger partial charge on any atom is 0.309 e. The van der Waals surface area contributed by atoms with Gasteiger partial charge in [0.1, 0.15) is 11.6 Å². The summed E-state index contributed by atoms with van der Waals surface area (Å²) in [5.74, 6) is -2.59. The fraction of sp³-hybridized carbons (Fsp3) is 0.286. The minimum absolute atomic E-state index is 0.216. The number of rotatable bonds is 5. The number of esters is 1. The zero-order valence-corrected chi connectivity index (χ0v) is 15.6. The first-order chi connectivity index (χ1) is 13.9.